The lowest BCUT2D eigenvalue weighted by molar-refractivity contribution is 0.770. The van der Waals surface area contributed by atoms with Gasteiger partial charge in [-0.15, -0.1) is 0 Å². The number of benzene rings is 2. The van der Waals surface area contributed by atoms with Gasteiger partial charge in [-0.2, -0.15) is 4.52 Å². The highest BCUT2D eigenvalue weighted by Crippen LogP contribution is 2.25. The van der Waals surface area contributed by atoms with Crippen LogP contribution >= 0.6 is 0 Å². The van der Waals surface area contributed by atoms with Crippen molar-refractivity contribution in [1.82, 2.24) is 14.2 Å². The largest absolute Gasteiger partial charge is 0.273 e. The van der Waals surface area contributed by atoms with Crippen molar-refractivity contribution < 1.29 is 0 Å². The Kier molecular flexibility index (Phi) is 3.08. The summed E-state index contributed by atoms with van der Waals surface area (Å²) in [5, 5.41) is 0. The molecule has 4 rings (SSSR count). The maximum atomic E-state index is 12.4. The predicted octanol–water partition coefficient (Wildman–Crippen LogP) is 3.46. The Morgan fingerprint density at radius 3 is 2.39 bits per heavy atom. The van der Waals surface area contributed by atoms with Gasteiger partial charge in [0.05, 0.1) is 11.4 Å². The normalized spacial score (nSPS) is 11.0. The van der Waals surface area contributed by atoms with Crippen molar-refractivity contribution in [3.63, 3.8) is 0 Å². The standard InChI is InChI=1S/C19H15N3O/c1-14-7-9-16(10-8-14)21-17(15-5-3-2-4-6-15)13-18-20-12-11-19(23)22(18)21/h2-13H,1H3. The van der Waals surface area contributed by atoms with Gasteiger partial charge in [-0.1, -0.05) is 48.0 Å². The zero-order chi connectivity index (χ0) is 15.8. The fourth-order valence-electron chi connectivity index (χ4n) is 2.76. The summed E-state index contributed by atoms with van der Waals surface area (Å²) in [6.45, 7) is 2.05. The first-order valence-corrected chi connectivity index (χ1v) is 7.46. The Hall–Kier alpha value is -3.14. The molecule has 0 saturated carbocycles. The minimum Gasteiger partial charge on any atom is -0.267 e. The van der Waals surface area contributed by atoms with Gasteiger partial charge in [0.15, 0.2) is 5.65 Å². The number of fused-ring (bicyclic) bond motifs is 1. The average molecular weight is 301 g/mol. The second-order valence-electron chi connectivity index (χ2n) is 5.50. The highest BCUT2D eigenvalue weighted by molar-refractivity contribution is 5.67. The van der Waals surface area contributed by atoms with Gasteiger partial charge in [-0.25, -0.2) is 9.67 Å². The zero-order valence-electron chi connectivity index (χ0n) is 12.7. The van der Waals surface area contributed by atoms with Gasteiger partial charge in [-0.3, -0.25) is 4.79 Å². The highest BCUT2D eigenvalue weighted by atomic mass is 16.1. The fourth-order valence-corrected chi connectivity index (χ4v) is 2.76. The van der Waals surface area contributed by atoms with Gasteiger partial charge >= 0.3 is 0 Å². The van der Waals surface area contributed by atoms with Crippen LogP contribution in [0.3, 0.4) is 0 Å². The Morgan fingerprint density at radius 2 is 1.65 bits per heavy atom. The summed E-state index contributed by atoms with van der Waals surface area (Å²) in [4.78, 5) is 16.7. The van der Waals surface area contributed by atoms with Crippen LogP contribution in [0.2, 0.25) is 0 Å². The van der Waals surface area contributed by atoms with E-state index in [1.807, 2.05) is 72.3 Å². The van der Waals surface area contributed by atoms with Crippen molar-refractivity contribution in [3.05, 3.63) is 88.8 Å². The second kappa shape index (κ2) is 5.25. The molecule has 0 radical (unpaired) electrons. The molecule has 0 spiro atoms. The third kappa shape index (κ3) is 2.25. The Morgan fingerprint density at radius 1 is 0.913 bits per heavy atom. The molecular formula is C19H15N3O. The van der Waals surface area contributed by atoms with Gasteiger partial charge in [-0.05, 0) is 19.1 Å². The quantitative estimate of drug-likeness (QED) is 0.569. The minimum absolute atomic E-state index is 0.0993. The molecule has 0 unspecified atom stereocenters. The number of hydrogen-bond donors (Lipinski definition) is 0. The number of rotatable bonds is 2. The third-order valence-corrected chi connectivity index (χ3v) is 3.89. The van der Waals surface area contributed by atoms with E-state index in [1.54, 1.807) is 10.7 Å². The van der Waals surface area contributed by atoms with Crippen molar-refractivity contribution in [3.8, 4) is 16.9 Å². The maximum Gasteiger partial charge on any atom is 0.273 e. The molecule has 0 amide bonds. The molecule has 0 fully saturated rings. The number of aryl methyl sites for hydroxylation is 1. The zero-order valence-corrected chi connectivity index (χ0v) is 12.7. The van der Waals surface area contributed by atoms with Gasteiger partial charge in [0.25, 0.3) is 5.56 Å². The van der Waals surface area contributed by atoms with Crippen LogP contribution in [0.15, 0.2) is 77.7 Å². The van der Waals surface area contributed by atoms with Crippen LogP contribution in [0.5, 0.6) is 0 Å². The molecule has 0 aliphatic rings. The van der Waals surface area contributed by atoms with Crippen LogP contribution in [-0.4, -0.2) is 14.2 Å². The highest BCUT2D eigenvalue weighted by Gasteiger charge is 2.13. The molecule has 23 heavy (non-hydrogen) atoms. The van der Waals surface area contributed by atoms with Gasteiger partial charge in [0, 0.05) is 23.9 Å². The fraction of sp³-hybridized carbons (Fsp3) is 0.0526. The minimum atomic E-state index is -0.0993. The molecule has 0 aliphatic heterocycles. The molecule has 0 atom stereocenters. The molecule has 2 heterocycles. The van der Waals surface area contributed by atoms with Gasteiger partial charge in [0.1, 0.15) is 0 Å². The summed E-state index contributed by atoms with van der Waals surface area (Å²) >= 11 is 0. The SMILES string of the molecule is Cc1ccc(-n2c(-c3ccccc3)cc3nccc(=O)n32)cc1. The number of nitrogens with zero attached hydrogens (tertiary/aromatic N) is 3. The summed E-state index contributed by atoms with van der Waals surface area (Å²) in [5.74, 6) is 0. The molecule has 4 aromatic rings. The summed E-state index contributed by atoms with van der Waals surface area (Å²) in [6.07, 6.45) is 1.55. The van der Waals surface area contributed by atoms with Crippen molar-refractivity contribution in [2.75, 3.05) is 0 Å². The molecule has 0 saturated heterocycles. The van der Waals surface area contributed by atoms with Crippen molar-refractivity contribution in [1.29, 1.82) is 0 Å². The first-order valence-electron chi connectivity index (χ1n) is 7.46. The number of hydrogen-bond acceptors (Lipinski definition) is 2. The van der Waals surface area contributed by atoms with E-state index in [-0.39, 0.29) is 5.56 Å². The topological polar surface area (TPSA) is 39.3 Å². The van der Waals surface area contributed by atoms with Gasteiger partial charge < -0.3 is 0 Å². The molecule has 2 aromatic carbocycles. The summed E-state index contributed by atoms with van der Waals surface area (Å²) in [7, 11) is 0. The summed E-state index contributed by atoms with van der Waals surface area (Å²) in [6, 6.07) is 21.5. The van der Waals surface area contributed by atoms with Crippen LogP contribution in [-0.2, 0) is 0 Å². The second-order valence-corrected chi connectivity index (χ2v) is 5.50. The molecule has 0 aliphatic carbocycles. The first-order chi connectivity index (χ1) is 11.2. The van der Waals surface area contributed by atoms with E-state index in [0.717, 1.165) is 16.9 Å². The van der Waals surface area contributed by atoms with E-state index >= 15 is 0 Å². The molecule has 2 aromatic heterocycles. The molecule has 0 N–H and O–H groups in total. The first kappa shape index (κ1) is 13.5. The van der Waals surface area contributed by atoms with E-state index in [2.05, 4.69) is 4.98 Å². The smallest absolute Gasteiger partial charge is 0.267 e. The van der Waals surface area contributed by atoms with Crippen molar-refractivity contribution in [2.45, 2.75) is 6.92 Å². The van der Waals surface area contributed by atoms with Crippen LogP contribution in [0.4, 0.5) is 0 Å². The molecular weight excluding hydrogens is 286 g/mol. The maximum absolute atomic E-state index is 12.4. The average Bonchev–Trinajstić information content (AvgIpc) is 2.97. The molecule has 0 bridgehead atoms. The van der Waals surface area contributed by atoms with Crippen LogP contribution in [0.1, 0.15) is 5.56 Å². The van der Waals surface area contributed by atoms with Crippen LogP contribution < -0.4 is 5.56 Å². The molecule has 4 nitrogen and oxygen atoms in total. The lowest BCUT2D eigenvalue weighted by Crippen LogP contribution is -2.19. The van der Waals surface area contributed by atoms with Crippen LogP contribution in [0.25, 0.3) is 22.6 Å². The van der Waals surface area contributed by atoms with Crippen molar-refractivity contribution >= 4 is 5.65 Å². The Bertz CT molecular complexity index is 1030. The monoisotopic (exact) mass is 301 g/mol. The summed E-state index contributed by atoms with van der Waals surface area (Å²) < 4.78 is 3.52. The molecule has 4 heteroatoms. The van der Waals surface area contributed by atoms with Crippen molar-refractivity contribution in [2.24, 2.45) is 0 Å². The predicted molar refractivity (Wildman–Crippen MR) is 91.0 cm³/mol. The van der Waals surface area contributed by atoms with E-state index in [0.29, 0.717) is 5.65 Å². The molecule has 112 valence electrons. The van der Waals surface area contributed by atoms with E-state index in [9.17, 15) is 4.79 Å². The third-order valence-electron chi connectivity index (χ3n) is 3.89. The lowest BCUT2D eigenvalue weighted by atomic mass is 10.1. The number of aromatic nitrogens is 3. The van der Waals surface area contributed by atoms with E-state index < -0.39 is 0 Å². The Labute approximate surface area is 133 Å². The van der Waals surface area contributed by atoms with Crippen LogP contribution in [0, 0.1) is 6.92 Å². The lowest BCUT2D eigenvalue weighted by Gasteiger charge is -2.11. The summed E-state index contributed by atoms with van der Waals surface area (Å²) in [5.41, 5.74) is 4.62. The Balaban J connectivity index is 2.11. The van der Waals surface area contributed by atoms with E-state index in [4.69, 9.17) is 0 Å². The van der Waals surface area contributed by atoms with Gasteiger partial charge in [0.2, 0.25) is 0 Å². The van der Waals surface area contributed by atoms with E-state index in [1.165, 1.54) is 11.6 Å².